The Balaban J connectivity index is 1.44. The molecule has 0 aliphatic carbocycles. The number of anilines is 1. The minimum absolute atomic E-state index is 0.0567. The van der Waals surface area contributed by atoms with Crippen LogP contribution in [0.2, 0.25) is 0 Å². The van der Waals surface area contributed by atoms with Gasteiger partial charge < -0.3 is 24.4 Å². The Labute approximate surface area is 153 Å². The van der Waals surface area contributed by atoms with Gasteiger partial charge in [-0.25, -0.2) is 0 Å². The fourth-order valence-electron chi connectivity index (χ4n) is 2.73. The van der Waals surface area contributed by atoms with E-state index >= 15 is 0 Å². The number of hydrogen-bond donors (Lipinski definition) is 1. The number of nitrogens with zero attached hydrogens (tertiary/aromatic N) is 1. The van der Waals surface area contributed by atoms with Crippen LogP contribution < -0.4 is 14.8 Å². The van der Waals surface area contributed by atoms with Crippen molar-refractivity contribution in [3.63, 3.8) is 0 Å². The lowest BCUT2D eigenvalue weighted by atomic mass is 10.1. The van der Waals surface area contributed by atoms with Crippen molar-refractivity contribution >= 4 is 11.6 Å². The van der Waals surface area contributed by atoms with Crippen molar-refractivity contribution in [1.29, 1.82) is 0 Å². The number of rotatable bonds is 7. The number of carbonyl (C=O) groups excluding carboxylic acids is 1. The fourth-order valence-corrected chi connectivity index (χ4v) is 2.73. The summed E-state index contributed by atoms with van der Waals surface area (Å²) in [5.74, 6) is 1.61. The summed E-state index contributed by atoms with van der Waals surface area (Å²) in [4.78, 5) is 14.2. The molecular formula is C20H24N2O4. The number of amides is 1. The molecule has 2 aromatic rings. The third-order valence-electron chi connectivity index (χ3n) is 4.17. The van der Waals surface area contributed by atoms with Crippen molar-refractivity contribution in [2.75, 3.05) is 51.9 Å². The van der Waals surface area contributed by atoms with E-state index in [4.69, 9.17) is 14.2 Å². The molecule has 1 saturated heterocycles. The molecule has 0 unspecified atom stereocenters. The molecule has 26 heavy (non-hydrogen) atoms. The smallest absolute Gasteiger partial charge is 0.254 e. The van der Waals surface area contributed by atoms with Gasteiger partial charge in [0.05, 0.1) is 20.3 Å². The second-order valence-electron chi connectivity index (χ2n) is 5.94. The quantitative estimate of drug-likeness (QED) is 0.773. The van der Waals surface area contributed by atoms with Gasteiger partial charge in [-0.2, -0.15) is 0 Å². The first-order valence-electron chi connectivity index (χ1n) is 8.74. The molecule has 0 radical (unpaired) electrons. The van der Waals surface area contributed by atoms with Crippen LogP contribution in [-0.4, -0.2) is 57.4 Å². The maximum absolute atomic E-state index is 12.4. The molecule has 0 aromatic heterocycles. The molecule has 2 aromatic carbocycles. The van der Waals surface area contributed by atoms with Gasteiger partial charge in [0.25, 0.3) is 5.91 Å². The van der Waals surface area contributed by atoms with E-state index < -0.39 is 0 Å². The predicted molar refractivity (Wildman–Crippen MR) is 100 cm³/mol. The van der Waals surface area contributed by atoms with Crippen LogP contribution in [0.3, 0.4) is 0 Å². The minimum Gasteiger partial charge on any atom is -0.497 e. The summed E-state index contributed by atoms with van der Waals surface area (Å²) in [6.45, 7) is 3.72. The Morgan fingerprint density at radius 2 is 1.85 bits per heavy atom. The SMILES string of the molecule is COc1cccc(OCCNc2ccc(C(=O)N3CCOCC3)cc2)c1. The molecule has 6 nitrogen and oxygen atoms in total. The van der Waals surface area contributed by atoms with Gasteiger partial charge in [0, 0.05) is 37.0 Å². The van der Waals surface area contributed by atoms with E-state index in [2.05, 4.69) is 5.32 Å². The van der Waals surface area contributed by atoms with Crippen molar-refractivity contribution in [2.24, 2.45) is 0 Å². The summed E-state index contributed by atoms with van der Waals surface area (Å²) in [6.07, 6.45) is 0. The minimum atomic E-state index is 0.0567. The topological polar surface area (TPSA) is 60.0 Å². The van der Waals surface area contributed by atoms with Crippen LogP contribution >= 0.6 is 0 Å². The summed E-state index contributed by atoms with van der Waals surface area (Å²) in [7, 11) is 1.63. The van der Waals surface area contributed by atoms with E-state index in [1.165, 1.54) is 0 Å². The Morgan fingerprint density at radius 3 is 2.58 bits per heavy atom. The zero-order valence-corrected chi connectivity index (χ0v) is 14.9. The van der Waals surface area contributed by atoms with Gasteiger partial charge in [0.2, 0.25) is 0 Å². The van der Waals surface area contributed by atoms with Crippen molar-refractivity contribution in [3.8, 4) is 11.5 Å². The average Bonchev–Trinajstić information content (AvgIpc) is 2.72. The van der Waals surface area contributed by atoms with Gasteiger partial charge in [-0.15, -0.1) is 0 Å². The predicted octanol–water partition coefficient (Wildman–Crippen LogP) is 2.66. The highest BCUT2D eigenvalue weighted by atomic mass is 16.5. The molecule has 1 N–H and O–H groups in total. The van der Waals surface area contributed by atoms with Crippen molar-refractivity contribution in [3.05, 3.63) is 54.1 Å². The Morgan fingerprint density at radius 1 is 1.12 bits per heavy atom. The molecule has 6 heteroatoms. The second kappa shape index (κ2) is 9.10. The Bertz CT molecular complexity index is 712. The summed E-state index contributed by atoms with van der Waals surface area (Å²) in [5, 5.41) is 3.29. The third kappa shape index (κ3) is 4.89. The maximum atomic E-state index is 12.4. The maximum Gasteiger partial charge on any atom is 0.254 e. The molecule has 0 atom stereocenters. The molecule has 1 heterocycles. The van der Waals surface area contributed by atoms with Crippen LogP contribution in [0.5, 0.6) is 11.5 Å². The summed E-state index contributed by atoms with van der Waals surface area (Å²) in [6, 6.07) is 15.1. The van der Waals surface area contributed by atoms with Crippen LogP contribution in [0.1, 0.15) is 10.4 Å². The van der Waals surface area contributed by atoms with Gasteiger partial charge in [-0.1, -0.05) is 6.07 Å². The van der Waals surface area contributed by atoms with Crippen LogP contribution in [0.4, 0.5) is 5.69 Å². The highest BCUT2D eigenvalue weighted by molar-refractivity contribution is 5.94. The molecule has 1 aliphatic rings. The zero-order valence-electron chi connectivity index (χ0n) is 14.9. The van der Waals surface area contributed by atoms with Crippen molar-refractivity contribution < 1.29 is 19.0 Å². The average molecular weight is 356 g/mol. The van der Waals surface area contributed by atoms with Crippen LogP contribution in [-0.2, 0) is 4.74 Å². The van der Waals surface area contributed by atoms with E-state index in [0.29, 0.717) is 45.0 Å². The Hall–Kier alpha value is -2.73. The molecular weight excluding hydrogens is 332 g/mol. The highest BCUT2D eigenvalue weighted by Gasteiger charge is 2.18. The summed E-state index contributed by atoms with van der Waals surface area (Å²) in [5.41, 5.74) is 1.66. The number of benzene rings is 2. The molecule has 3 rings (SSSR count). The number of ether oxygens (including phenoxy) is 3. The standard InChI is InChI=1S/C20H24N2O4/c1-24-18-3-2-4-19(15-18)26-12-9-21-17-7-5-16(6-8-17)20(23)22-10-13-25-14-11-22/h2-8,15,21H,9-14H2,1H3. The summed E-state index contributed by atoms with van der Waals surface area (Å²) < 4.78 is 16.1. The van der Waals surface area contributed by atoms with E-state index in [1.807, 2.05) is 53.4 Å². The van der Waals surface area contributed by atoms with Gasteiger partial charge >= 0.3 is 0 Å². The Kier molecular flexibility index (Phi) is 6.33. The monoisotopic (exact) mass is 356 g/mol. The lowest BCUT2D eigenvalue weighted by Crippen LogP contribution is -2.40. The van der Waals surface area contributed by atoms with Crippen molar-refractivity contribution in [2.45, 2.75) is 0 Å². The molecule has 0 bridgehead atoms. The van der Waals surface area contributed by atoms with Crippen LogP contribution in [0.15, 0.2) is 48.5 Å². The largest absolute Gasteiger partial charge is 0.497 e. The molecule has 1 fully saturated rings. The number of nitrogens with one attached hydrogen (secondary N) is 1. The van der Waals surface area contributed by atoms with Crippen molar-refractivity contribution in [1.82, 2.24) is 4.90 Å². The van der Waals surface area contributed by atoms with E-state index in [9.17, 15) is 4.79 Å². The van der Waals surface area contributed by atoms with Crippen LogP contribution in [0.25, 0.3) is 0 Å². The van der Waals surface area contributed by atoms with E-state index in [1.54, 1.807) is 7.11 Å². The fraction of sp³-hybridized carbons (Fsp3) is 0.350. The number of methoxy groups -OCH3 is 1. The van der Waals surface area contributed by atoms with Gasteiger partial charge in [0.15, 0.2) is 0 Å². The first kappa shape index (κ1) is 18.1. The lowest BCUT2D eigenvalue weighted by molar-refractivity contribution is 0.0303. The van der Waals surface area contributed by atoms with Gasteiger partial charge in [-0.3, -0.25) is 4.79 Å². The number of carbonyl (C=O) groups is 1. The zero-order chi connectivity index (χ0) is 18.2. The normalized spacial score (nSPS) is 14.0. The molecule has 138 valence electrons. The molecule has 0 spiro atoms. The first-order valence-corrected chi connectivity index (χ1v) is 8.74. The highest BCUT2D eigenvalue weighted by Crippen LogP contribution is 2.18. The van der Waals surface area contributed by atoms with E-state index in [0.717, 1.165) is 17.2 Å². The number of morpholine rings is 1. The molecule has 1 aliphatic heterocycles. The van der Waals surface area contributed by atoms with Gasteiger partial charge in [0.1, 0.15) is 18.1 Å². The molecule has 1 amide bonds. The lowest BCUT2D eigenvalue weighted by Gasteiger charge is -2.26. The third-order valence-corrected chi connectivity index (χ3v) is 4.17. The summed E-state index contributed by atoms with van der Waals surface area (Å²) >= 11 is 0. The van der Waals surface area contributed by atoms with Crippen LogP contribution in [0, 0.1) is 0 Å². The first-order chi connectivity index (χ1) is 12.8. The van der Waals surface area contributed by atoms with Gasteiger partial charge in [-0.05, 0) is 36.4 Å². The number of hydrogen-bond acceptors (Lipinski definition) is 5. The second-order valence-corrected chi connectivity index (χ2v) is 5.94. The molecule has 0 saturated carbocycles. The van der Waals surface area contributed by atoms with E-state index in [-0.39, 0.29) is 5.91 Å².